The summed E-state index contributed by atoms with van der Waals surface area (Å²) in [4.78, 5) is 16.5. The minimum Gasteiger partial charge on any atom is -0.497 e. The van der Waals surface area contributed by atoms with E-state index in [0.717, 1.165) is 17.1 Å². The Hall–Kier alpha value is -4.01. The number of carbonyl (C=O) groups is 1. The Kier molecular flexibility index (Phi) is 7.31. The van der Waals surface area contributed by atoms with Crippen molar-refractivity contribution in [1.29, 1.82) is 0 Å². The fourth-order valence-electron chi connectivity index (χ4n) is 3.81. The number of nitrogens with zero attached hydrogens (tertiary/aromatic N) is 4. The number of hydrogen-bond donors (Lipinski definition) is 0. The van der Waals surface area contributed by atoms with Gasteiger partial charge in [-0.15, -0.1) is 10.2 Å². The number of ether oxygens (including phenoxy) is 4. The number of amides is 1. The van der Waals surface area contributed by atoms with E-state index >= 15 is 0 Å². The number of benzene rings is 2. The maximum absolute atomic E-state index is 12.6. The molecule has 0 saturated carbocycles. The van der Waals surface area contributed by atoms with Crippen LogP contribution in [-0.2, 0) is 4.79 Å². The average molecular weight is 465 g/mol. The topological polar surface area (TPSA) is 86.3 Å². The molecule has 2 aromatic carbocycles. The highest BCUT2D eigenvalue weighted by Gasteiger charge is 2.23. The van der Waals surface area contributed by atoms with Gasteiger partial charge >= 0.3 is 0 Å². The number of anilines is 1. The monoisotopic (exact) mass is 464 g/mol. The molecular weight excluding hydrogens is 436 g/mol. The van der Waals surface area contributed by atoms with Crippen molar-refractivity contribution in [3.8, 4) is 34.3 Å². The zero-order valence-electron chi connectivity index (χ0n) is 19.6. The van der Waals surface area contributed by atoms with Crippen LogP contribution in [0.2, 0.25) is 0 Å². The molecule has 1 fully saturated rings. The molecule has 1 saturated heterocycles. The Labute approximate surface area is 198 Å². The van der Waals surface area contributed by atoms with E-state index < -0.39 is 0 Å². The van der Waals surface area contributed by atoms with Gasteiger partial charge in [-0.3, -0.25) is 4.79 Å². The summed E-state index contributed by atoms with van der Waals surface area (Å²) in [7, 11) is 4.82. The van der Waals surface area contributed by atoms with E-state index in [0.29, 0.717) is 49.1 Å². The maximum atomic E-state index is 12.6. The molecule has 178 valence electrons. The van der Waals surface area contributed by atoms with Gasteiger partial charge in [0.1, 0.15) is 11.5 Å². The fraction of sp³-hybridized carbons (Fsp3) is 0.320. The van der Waals surface area contributed by atoms with Crippen LogP contribution in [0.25, 0.3) is 11.3 Å². The van der Waals surface area contributed by atoms with Crippen LogP contribution < -0.4 is 23.8 Å². The van der Waals surface area contributed by atoms with Crippen molar-refractivity contribution in [2.75, 3.05) is 59.0 Å². The van der Waals surface area contributed by atoms with Crippen LogP contribution in [0.5, 0.6) is 23.0 Å². The summed E-state index contributed by atoms with van der Waals surface area (Å²) in [6.07, 6.45) is 0. The molecule has 0 radical (unpaired) electrons. The third-order valence-electron chi connectivity index (χ3n) is 5.71. The van der Waals surface area contributed by atoms with Crippen molar-refractivity contribution in [3.63, 3.8) is 0 Å². The zero-order chi connectivity index (χ0) is 23.9. The van der Waals surface area contributed by atoms with Gasteiger partial charge in [0.2, 0.25) is 0 Å². The lowest BCUT2D eigenvalue weighted by Gasteiger charge is -2.35. The lowest BCUT2D eigenvalue weighted by molar-refractivity contribution is -0.133. The molecule has 1 aromatic heterocycles. The number of aromatic nitrogens is 2. The largest absolute Gasteiger partial charge is 0.497 e. The Balaban J connectivity index is 1.34. The van der Waals surface area contributed by atoms with E-state index in [2.05, 4.69) is 15.1 Å². The molecule has 0 aliphatic carbocycles. The van der Waals surface area contributed by atoms with Gasteiger partial charge in [0.15, 0.2) is 23.9 Å². The molecule has 0 spiro atoms. The van der Waals surface area contributed by atoms with Crippen LogP contribution >= 0.6 is 0 Å². The smallest absolute Gasteiger partial charge is 0.260 e. The summed E-state index contributed by atoms with van der Waals surface area (Å²) >= 11 is 0. The molecule has 9 heteroatoms. The van der Waals surface area contributed by atoms with Crippen LogP contribution in [0, 0.1) is 0 Å². The highest BCUT2D eigenvalue weighted by molar-refractivity contribution is 5.78. The van der Waals surface area contributed by atoms with Gasteiger partial charge in [0.25, 0.3) is 5.91 Å². The van der Waals surface area contributed by atoms with E-state index in [1.165, 1.54) is 0 Å². The number of methoxy groups -OCH3 is 3. The molecule has 1 amide bonds. The number of para-hydroxylation sites is 2. The molecule has 4 rings (SSSR count). The second-order valence-corrected chi connectivity index (χ2v) is 7.65. The van der Waals surface area contributed by atoms with Crippen molar-refractivity contribution in [1.82, 2.24) is 15.1 Å². The molecule has 9 nitrogen and oxygen atoms in total. The van der Waals surface area contributed by atoms with E-state index in [4.69, 9.17) is 18.9 Å². The van der Waals surface area contributed by atoms with Crippen LogP contribution in [0.3, 0.4) is 0 Å². The van der Waals surface area contributed by atoms with E-state index in [1.54, 1.807) is 38.4 Å². The van der Waals surface area contributed by atoms with Crippen molar-refractivity contribution in [3.05, 3.63) is 54.6 Å². The summed E-state index contributed by atoms with van der Waals surface area (Å²) in [6.45, 7) is 2.47. The number of rotatable bonds is 8. The maximum Gasteiger partial charge on any atom is 0.260 e. The summed E-state index contributed by atoms with van der Waals surface area (Å²) in [5.74, 6) is 3.29. The van der Waals surface area contributed by atoms with Crippen LogP contribution in [0.15, 0.2) is 54.6 Å². The standard InChI is InChI=1S/C25H28N4O5/c1-31-18-8-10-21(32-2)19(16-18)20-9-11-24(27-26-20)28-12-14-29(15-13-28)25(30)17-34-23-7-5-4-6-22(23)33-3/h4-11,16H,12-15,17H2,1-3H3. The first kappa shape index (κ1) is 23.2. The highest BCUT2D eigenvalue weighted by atomic mass is 16.5. The Morgan fingerprint density at radius 3 is 2.21 bits per heavy atom. The number of hydrogen-bond acceptors (Lipinski definition) is 8. The summed E-state index contributed by atoms with van der Waals surface area (Å²) in [5.41, 5.74) is 1.51. The second-order valence-electron chi connectivity index (χ2n) is 7.65. The molecule has 1 aliphatic rings. The van der Waals surface area contributed by atoms with Crippen molar-refractivity contribution < 1.29 is 23.7 Å². The van der Waals surface area contributed by atoms with Crippen molar-refractivity contribution in [2.24, 2.45) is 0 Å². The molecule has 0 bridgehead atoms. The molecule has 34 heavy (non-hydrogen) atoms. The van der Waals surface area contributed by atoms with E-state index in [1.807, 2.05) is 42.5 Å². The van der Waals surface area contributed by atoms with Crippen LogP contribution in [0.1, 0.15) is 0 Å². The first-order chi connectivity index (χ1) is 16.6. The fourth-order valence-corrected chi connectivity index (χ4v) is 3.81. The normalized spacial score (nSPS) is 13.4. The van der Waals surface area contributed by atoms with Gasteiger partial charge in [-0.2, -0.15) is 0 Å². The minimum atomic E-state index is -0.0582. The SMILES string of the molecule is COc1ccc(OC)c(-c2ccc(N3CCN(C(=O)COc4ccccc4OC)CC3)nn2)c1. The summed E-state index contributed by atoms with van der Waals surface area (Å²) < 4.78 is 21.7. The van der Waals surface area contributed by atoms with E-state index in [9.17, 15) is 4.79 Å². The predicted octanol–water partition coefficient (Wildman–Crippen LogP) is 2.90. The second kappa shape index (κ2) is 10.7. The van der Waals surface area contributed by atoms with Crippen LogP contribution in [-0.4, -0.2) is 75.1 Å². The molecule has 3 aromatic rings. The van der Waals surface area contributed by atoms with Gasteiger partial charge in [-0.1, -0.05) is 12.1 Å². The third-order valence-corrected chi connectivity index (χ3v) is 5.71. The highest BCUT2D eigenvalue weighted by Crippen LogP contribution is 2.32. The van der Waals surface area contributed by atoms with Crippen LogP contribution in [0.4, 0.5) is 5.82 Å². The minimum absolute atomic E-state index is 0.0305. The number of carbonyl (C=O) groups excluding carboxylic acids is 1. The number of piperazine rings is 1. The lowest BCUT2D eigenvalue weighted by atomic mass is 10.1. The predicted molar refractivity (Wildman–Crippen MR) is 128 cm³/mol. The van der Waals surface area contributed by atoms with Gasteiger partial charge in [0.05, 0.1) is 27.0 Å². The molecule has 0 N–H and O–H groups in total. The van der Waals surface area contributed by atoms with Gasteiger partial charge in [-0.05, 0) is 42.5 Å². The Morgan fingerprint density at radius 1 is 0.824 bits per heavy atom. The van der Waals surface area contributed by atoms with Gasteiger partial charge in [-0.25, -0.2) is 0 Å². The first-order valence-electron chi connectivity index (χ1n) is 11.0. The van der Waals surface area contributed by atoms with Gasteiger partial charge in [0, 0.05) is 31.7 Å². The van der Waals surface area contributed by atoms with Crippen molar-refractivity contribution in [2.45, 2.75) is 0 Å². The summed E-state index contributed by atoms with van der Waals surface area (Å²) in [6, 6.07) is 16.7. The quantitative estimate of drug-likeness (QED) is 0.503. The molecule has 1 aliphatic heterocycles. The average Bonchev–Trinajstić information content (AvgIpc) is 2.91. The van der Waals surface area contributed by atoms with E-state index in [-0.39, 0.29) is 12.5 Å². The molecule has 0 unspecified atom stereocenters. The molecule has 2 heterocycles. The van der Waals surface area contributed by atoms with Gasteiger partial charge < -0.3 is 28.7 Å². The summed E-state index contributed by atoms with van der Waals surface area (Å²) in [5, 5.41) is 8.81. The third kappa shape index (κ3) is 5.14. The Bertz CT molecular complexity index is 1110. The lowest BCUT2D eigenvalue weighted by Crippen LogP contribution is -2.50. The molecular formula is C25H28N4O5. The Morgan fingerprint density at radius 2 is 1.56 bits per heavy atom. The first-order valence-corrected chi connectivity index (χ1v) is 11.0. The zero-order valence-corrected chi connectivity index (χ0v) is 19.6. The van der Waals surface area contributed by atoms with Crippen molar-refractivity contribution >= 4 is 11.7 Å². The molecule has 0 atom stereocenters.